The van der Waals surface area contributed by atoms with Gasteiger partial charge in [-0.15, -0.1) is 0 Å². The molecule has 0 unspecified atom stereocenters. The summed E-state index contributed by atoms with van der Waals surface area (Å²) in [4.78, 5) is 0. The minimum Gasteiger partial charge on any atom is -0.493 e. The molecule has 5 heteroatoms. The second-order valence-electron chi connectivity index (χ2n) is 8.12. The minimum absolute atomic E-state index is 0.0777. The van der Waals surface area contributed by atoms with Crippen LogP contribution in [0.4, 0.5) is 0 Å². The first-order chi connectivity index (χ1) is 13.7. The Morgan fingerprint density at radius 3 is 1.89 bits per heavy atom. The Balaban J connectivity index is 1.89. The first-order valence-electron chi connectivity index (χ1n) is 11.6. The number of rotatable bonds is 18. The zero-order valence-electron chi connectivity index (χ0n) is 17.9. The summed E-state index contributed by atoms with van der Waals surface area (Å²) in [6.07, 6.45) is 18.8. The van der Waals surface area contributed by atoms with Crippen LogP contribution in [0.1, 0.15) is 96.8 Å². The lowest BCUT2D eigenvalue weighted by Gasteiger charge is -2.23. The van der Waals surface area contributed by atoms with Gasteiger partial charge in [0.05, 0.1) is 19.5 Å². The van der Waals surface area contributed by atoms with Gasteiger partial charge in [0.25, 0.3) is 0 Å². The standard InChI is InChI=1S/C23H44O5/c1-2-3-4-5-6-7-8-9-10-11-12-13-14-15-16-17-27-21(18-24)23-22(26)20(25)19-28-23/h16-17,20-26H,2-15,18-19H2,1H3/b17-16+/t20-,21+,22+,23+/m1/s1. The van der Waals surface area contributed by atoms with E-state index in [2.05, 4.69) is 6.92 Å². The number of allylic oxidation sites excluding steroid dienone is 1. The van der Waals surface area contributed by atoms with Crippen LogP contribution in [0.15, 0.2) is 12.3 Å². The molecule has 0 aromatic heterocycles. The van der Waals surface area contributed by atoms with Crippen LogP contribution in [-0.2, 0) is 9.47 Å². The van der Waals surface area contributed by atoms with Crippen molar-refractivity contribution in [3.8, 4) is 0 Å². The minimum atomic E-state index is -1.01. The number of hydrogen-bond donors (Lipinski definition) is 3. The number of hydrogen-bond acceptors (Lipinski definition) is 5. The zero-order chi connectivity index (χ0) is 20.5. The summed E-state index contributed by atoms with van der Waals surface area (Å²) in [6, 6.07) is 0. The maximum absolute atomic E-state index is 9.80. The number of aliphatic hydroxyl groups excluding tert-OH is 3. The fourth-order valence-corrected chi connectivity index (χ4v) is 3.68. The highest BCUT2D eigenvalue weighted by Gasteiger charge is 2.40. The third-order valence-electron chi connectivity index (χ3n) is 5.56. The second-order valence-corrected chi connectivity index (χ2v) is 8.12. The molecular formula is C23H44O5. The van der Waals surface area contributed by atoms with Crippen molar-refractivity contribution in [2.24, 2.45) is 0 Å². The molecule has 5 nitrogen and oxygen atoms in total. The molecule has 1 aliphatic heterocycles. The van der Waals surface area contributed by atoms with E-state index in [0.29, 0.717) is 0 Å². The summed E-state index contributed by atoms with van der Waals surface area (Å²) >= 11 is 0. The average Bonchev–Trinajstić information content (AvgIpc) is 3.03. The molecule has 0 bridgehead atoms. The van der Waals surface area contributed by atoms with E-state index in [1.54, 1.807) is 6.26 Å². The highest BCUT2D eigenvalue weighted by Crippen LogP contribution is 2.20. The van der Waals surface area contributed by atoms with E-state index in [9.17, 15) is 15.3 Å². The van der Waals surface area contributed by atoms with Crippen LogP contribution in [0.2, 0.25) is 0 Å². The quantitative estimate of drug-likeness (QED) is 0.233. The lowest BCUT2D eigenvalue weighted by molar-refractivity contribution is -0.0737. The molecule has 1 rings (SSSR count). The first-order valence-corrected chi connectivity index (χ1v) is 11.6. The molecule has 4 atom stereocenters. The van der Waals surface area contributed by atoms with Crippen LogP contribution in [0.25, 0.3) is 0 Å². The Morgan fingerprint density at radius 1 is 0.893 bits per heavy atom. The molecular weight excluding hydrogens is 356 g/mol. The molecule has 0 spiro atoms. The molecule has 0 aromatic rings. The zero-order valence-corrected chi connectivity index (χ0v) is 17.9. The molecule has 1 fully saturated rings. The summed E-state index contributed by atoms with van der Waals surface area (Å²) in [7, 11) is 0. The van der Waals surface area contributed by atoms with Gasteiger partial charge in [-0.2, -0.15) is 0 Å². The Kier molecular flexibility index (Phi) is 15.7. The molecule has 0 radical (unpaired) electrons. The lowest BCUT2D eigenvalue weighted by atomic mass is 10.0. The van der Waals surface area contributed by atoms with Crippen LogP contribution in [0.5, 0.6) is 0 Å². The highest BCUT2D eigenvalue weighted by molar-refractivity contribution is 4.90. The molecule has 1 aliphatic rings. The van der Waals surface area contributed by atoms with Crippen molar-refractivity contribution < 1.29 is 24.8 Å². The topological polar surface area (TPSA) is 79.2 Å². The van der Waals surface area contributed by atoms with Crippen LogP contribution in [0.3, 0.4) is 0 Å². The Labute approximate surface area is 172 Å². The van der Waals surface area contributed by atoms with E-state index >= 15 is 0 Å². The van der Waals surface area contributed by atoms with Gasteiger partial charge in [-0.3, -0.25) is 0 Å². The van der Waals surface area contributed by atoms with Gasteiger partial charge in [0.1, 0.15) is 24.4 Å². The van der Waals surface area contributed by atoms with Gasteiger partial charge >= 0.3 is 0 Å². The molecule has 0 amide bonds. The fourth-order valence-electron chi connectivity index (χ4n) is 3.68. The summed E-state index contributed by atoms with van der Waals surface area (Å²) < 4.78 is 10.8. The predicted octanol–water partition coefficient (Wildman–Crippen LogP) is 4.48. The SMILES string of the molecule is CCCCCCCCCCCCCCC/C=C/O[C@@H](CO)[C@@H]1OC[C@@H](O)[C@@H]1O. The van der Waals surface area contributed by atoms with E-state index in [4.69, 9.17) is 9.47 Å². The molecule has 3 N–H and O–H groups in total. The second kappa shape index (κ2) is 17.3. The van der Waals surface area contributed by atoms with Crippen molar-refractivity contribution in [3.05, 3.63) is 12.3 Å². The third kappa shape index (κ3) is 11.4. The van der Waals surface area contributed by atoms with Crippen molar-refractivity contribution in [3.63, 3.8) is 0 Å². The molecule has 1 saturated heterocycles. The van der Waals surface area contributed by atoms with Crippen LogP contribution in [0, 0.1) is 0 Å². The summed E-state index contributed by atoms with van der Waals surface area (Å²) in [5.74, 6) is 0. The Hall–Kier alpha value is -0.620. The van der Waals surface area contributed by atoms with Crippen LogP contribution >= 0.6 is 0 Å². The van der Waals surface area contributed by atoms with Gasteiger partial charge in [0, 0.05) is 0 Å². The van der Waals surface area contributed by atoms with Gasteiger partial charge in [0.2, 0.25) is 0 Å². The molecule has 166 valence electrons. The van der Waals surface area contributed by atoms with Gasteiger partial charge in [-0.05, 0) is 18.9 Å². The van der Waals surface area contributed by atoms with E-state index in [1.165, 1.54) is 77.0 Å². The van der Waals surface area contributed by atoms with Gasteiger partial charge in [-0.25, -0.2) is 0 Å². The number of unbranched alkanes of at least 4 members (excludes halogenated alkanes) is 13. The smallest absolute Gasteiger partial charge is 0.149 e. The van der Waals surface area contributed by atoms with Gasteiger partial charge in [0.15, 0.2) is 0 Å². The van der Waals surface area contributed by atoms with Gasteiger partial charge in [-0.1, -0.05) is 84.0 Å². The van der Waals surface area contributed by atoms with Crippen molar-refractivity contribution in [1.82, 2.24) is 0 Å². The number of aliphatic hydroxyl groups is 3. The Bertz CT molecular complexity index is 374. The van der Waals surface area contributed by atoms with Crippen molar-refractivity contribution in [2.45, 2.75) is 121 Å². The molecule has 0 aliphatic carbocycles. The van der Waals surface area contributed by atoms with Crippen LogP contribution in [-0.4, -0.2) is 52.9 Å². The van der Waals surface area contributed by atoms with Crippen molar-refractivity contribution >= 4 is 0 Å². The number of ether oxygens (including phenoxy) is 2. The lowest BCUT2D eigenvalue weighted by Crippen LogP contribution is -2.41. The largest absolute Gasteiger partial charge is 0.493 e. The van der Waals surface area contributed by atoms with Crippen LogP contribution < -0.4 is 0 Å². The predicted molar refractivity (Wildman–Crippen MR) is 113 cm³/mol. The normalized spacial score (nSPS) is 23.5. The maximum Gasteiger partial charge on any atom is 0.149 e. The van der Waals surface area contributed by atoms with E-state index in [-0.39, 0.29) is 13.2 Å². The summed E-state index contributed by atoms with van der Waals surface area (Å²) in [5.41, 5.74) is 0. The summed E-state index contributed by atoms with van der Waals surface area (Å²) in [5, 5.41) is 28.7. The monoisotopic (exact) mass is 400 g/mol. The van der Waals surface area contributed by atoms with Crippen molar-refractivity contribution in [1.29, 1.82) is 0 Å². The van der Waals surface area contributed by atoms with E-state index in [0.717, 1.165) is 12.8 Å². The van der Waals surface area contributed by atoms with E-state index in [1.807, 2.05) is 6.08 Å². The molecule has 0 aromatic carbocycles. The fraction of sp³-hybridized carbons (Fsp3) is 0.913. The maximum atomic E-state index is 9.80. The average molecular weight is 401 g/mol. The third-order valence-corrected chi connectivity index (χ3v) is 5.56. The van der Waals surface area contributed by atoms with E-state index < -0.39 is 24.4 Å². The van der Waals surface area contributed by atoms with Crippen molar-refractivity contribution in [2.75, 3.05) is 13.2 Å². The molecule has 1 heterocycles. The molecule has 28 heavy (non-hydrogen) atoms. The summed E-state index contributed by atoms with van der Waals surface area (Å²) in [6.45, 7) is 2.09. The molecule has 0 saturated carbocycles. The highest BCUT2D eigenvalue weighted by atomic mass is 16.6. The Morgan fingerprint density at radius 2 is 1.43 bits per heavy atom. The first kappa shape index (κ1) is 25.4. The van der Waals surface area contributed by atoms with Gasteiger partial charge < -0.3 is 24.8 Å².